The summed E-state index contributed by atoms with van der Waals surface area (Å²) in [5.41, 5.74) is -0.586. The van der Waals surface area contributed by atoms with E-state index in [1.165, 1.54) is 18.5 Å². The van der Waals surface area contributed by atoms with Crippen molar-refractivity contribution in [3.05, 3.63) is 51.4 Å². The maximum Gasteiger partial charge on any atom is 0.288 e. The van der Waals surface area contributed by atoms with Gasteiger partial charge in [-0.05, 0) is 61.6 Å². The predicted molar refractivity (Wildman–Crippen MR) is 122 cm³/mol. The zero-order valence-corrected chi connectivity index (χ0v) is 19.9. The van der Waals surface area contributed by atoms with Crippen molar-refractivity contribution in [2.45, 2.75) is 64.8 Å². The summed E-state index contributed by atoms with van der Waals surface area (Å²) in [6, 6.07) is 2.10. The van der Waals surface area contributed by atoms with E-state index in [0.29, 0.717) is 17.2 Å². The molecule has 2 bridgehead atoms. The first kappa shape index (κ1) is 23.6. The standard InChI is InChI=1S/C23H29ClFN5O3/c1-12(13-5-6-26-18(25)7-13)28-19(31)11-30-21(32)20(24)15(10-27-30)29-17-9-14-8-16(22(14,2)3)23(17,4)33/h5-7,10,12,14,16-17,29,33H,8-9,11H2,1-4H3,(H,28,31)/t12?,14-,16-,17+,23-/m0/s1. The van der Waals surface area contributed by atoms with Crippen molar-refractivity contribution in [2.24, 2.45) is 17.3 Å². The summed E-state index contributed by atoms with van der Waals surface area (Å²) >= 11 is 6.32. The zero-order valence-electron chi connectivity index (χ0n) is 19.1. The van der Waals surface area contributed by atoms with Gasteiger partial charge >= 0.3 is 0 Å². The van der Waals surface area contributed by atoms with Gasteiger partial charge in [-0.15, -0.1) is 0 Å². The highest BCUT2D eigenvalue weighted by Gasteiger charge is 2.62. The van der Waals surface area contributed by atoms with Gasteiger partial charge in [0.1, 0.15) is 11.6 Å². The summed E-state index contributed by atoms with van der Waals surface area (Å²) < 4.78 is 14.3. The minimum Gasteiger partial charge on any atom is -0.388 e. The second kappa shape index (κ2) is 8.36. The molecule has 10 heteroatoms. The molecule has 2 aromatic rings. The van der Waals surface area contributed by atoms with Gasteiger partial charge in [-0.2, -0.15) is 9.49 Å². The number of anilines is 1. The maximum absolute atomic E-state index is 13.3. The number of carbonyl (C=O) groups is 1. The van der Waals surface area contributed by atoms with Crippen LogP contribution in [0.15, 0.2) is 29.3 Å². The number of aliphatic hydroxyl groups is 1. The Morgan fingerprint density at radius 3 is 2.76 bits per heavy atom. The number of amides is 1. The van der Waals surface area contributed by atoms with Gasteiger partial charge in [-0.25, -0.2) is 9.67 Å². The molecule has 2 aromatic heterocycles. The summed E-state index contributed by atoms with van der Waals surface area (Å²) in [5, 5.41) is 21.1. The third kappa shape index (κ3) is 4.24. The summed E-state index contributed by atoms with van der Waals surface area (Å²) in [7, 11) is 0. The minimum absolute atomic E-state index is 0.0830. The van der Waals surface area contributed by atoms with Gasteiger partial charge in [0.15, 0.2) is 0 Å². The lowest BCUT2D eigenvalue weighted by atomic mass is 9.43. The SMILES string of the molecule is CC(NC(=O)Cn1ncc(N[C@@H]2C[C@@H]3C[C@@H](C3(C)C)[C@]2(C)O)c(Cl)c1=O)c1ccnc(F)c1. The number of nitrogens with zero attached hydrogens (tertiary/aromatic N) is 3. The van der Waals surface area contributed by atoms with Crippen LogP contribution in [0.4, 0.5) is 10.1 Å². The van der Waals surface area contributed by atoms with Crippen molar-refractivity contribution in [1.29, 1.82) is 0 Å². The number of halogens is 2. The monoisotopic (exact) mass is 477 g/mol. The summed E-state index contributed by atoms with van der Waals surface area (Å²) in [4.78, 5) is 28.6. The van der Waals surface area contributed by atoms with E-state index in [4.69, 9.17) is 11.6 Å². The van der Waals surface area contributed by atoms with Crippen LogP contribution in [0.25, 0.3) is 0 Å². The van der Waals surface area contributed by atoms with Crippen LogP contribution < -0.4 is 16.2 Å². The fourth-order valence-electron chi connectivity index (χ4n) is 5.44. The largest absolute Gasteiger partial charge is 0.388 e. The maximum atomic E-state index is 13.3. The van der Waals surface area contributed by atoms with E-state index in [0.717, 1.165) is 17.5 Å². The van der Waals surface area contributed by atoms with Crippen LogP contribution >= 0.6 is 11.6 Å². The molecule has 33 heavy (non-hydrogen) atoms. The summed E-state index contributed by atoms with van der Waals surface area (Å²) in [5.74, 6) is -0.456. The van der Waals surface area contributed by atoms with Gasteiger partial charge in [0, 0.05) is 6.20 Å². The molecule has 8 nitrogen and oxygen atoms in total. The van der Waals surface area contributed by atoms with Gasteiger partial charge in [0.25, 0.3) is 5.56 Å². The quantitative estimate of drug-likeness (QED) is 0.552. The minimum atomic E-state index is -0.946. The molecule has 1 unspecified atom stereocenters. The van der Waals surface area contributed by atoms with Crippen LogP contribution in [0.2, 0.25) is 5.02 Å². The van der Waals surface area contributed by atoms with Crippen LogP contribution in [0.1, 0.15) is 52.1 Å². The van der Waals surface area contributed by atoms with Crippen molar-refractivity contribution in [2.75, 3.05) is 5.32 Å². The fraction of sp³-hybridized carbons (Fsp3) is 0.565. The second-order valence-corrected chi connectivity index (χ2v) is 10.4. The Morgan fingerprint density at radius 2 is 2.12 bits per heavy atom. The summed E-state index contributed by atoms with van der Waals surface area (Å²) in [6.07, 6.45) is 4.48. The molecule has 3 fully saturated rings. The molecule has 5 rings (SSSR count). The average molecular weight is 478 g/mol. The Morgan fingerprint density at radius 1 is 1.39 bits per heavy atom. The number of nitrogens with one attached hydrogen (secondary N) is 2. The van der Waals surface area contributed by atoms with Crippen molar-refractivity contribution in [1.82, 2.24) is 20.1 Å². The lowest BCUT2D eigenvalue weighted by Crippen LogP contribution is -2.68. The van der Waals surface area contributed by atoms with Gasteiger partial charge < -0.3 is 15.7 Å². The van der Waals surface area contributed by atoms with Crippen LogP contribution in [-0.4, -0.2) is 37.4 Å². The number of rotatable bonds is 6. The smallest absolute Gasteiger partial charge is 0.288 e. The van der Waals surface area contributed by atoms with Crippen LogP contribution in [0.3, 0.4) is 0 Å². The van der Waals surface area contributed by atoms with E-state index < -0.39 is 29.1 Å². The molecule has 0 aromatic carbocycles. The Labute approximate surface area is 196 Å². The first-order valence-electron chi connectivity index (χ1n) is 11.1. The molecule has 0 spiro atoms. The third-order valence-electron chi connectivity index (χ3n) is 7.64. The Hall–Kier alpha value is -2.52. The molecule has 3 aliphatic rings. The Kier molecular flexibility index (Phi) is 5.99. The summed E-state index contributed by atoms with van der Waals surface area (Å²) in [6.45, 7) is 7.56. The molecule has 3 saturated carbocycles. The van der Waals surface area contributed by atoms with E-state index >= 15 is 0 Å². The van der Waals surface area contributed by atoms with Gasteiger partial charge in [0.05, 0.1) is 29.6 Å². The van der Waals surface area contributed by atoms with Crippen LogP contribution in [0, 0.1) is 23.2 Å². The fourth-order valence-corrected chi connectivity index (χ4v) is 5.64. The molecular formula is C23H29ClFN5O3. The lowest BCUT2D eigenvalue weighted by molar-refractivity contribution is -0.199. The first-order chi connectivity index (χ1) is 15.4. The van der Waals surface area contributed by atoms with E-state index in [2.05, 4.69) is 34.6 Å². The number of pyridine rings is 1. The molecule has 2 heterocycles. The Balaban J connectivity index is 1.43. The highest BCUT2D eigenvalue weighted by molar-refractivity contribution is 6.32. The van der Waals surface area contributed by atoms with Gasteiger partial charge in [-0.3, -0.25) is 9.59 Å². The normalized spacial score (nSPS) is 28.5. The topological polar surface area (TPSA) is 109 Å². The molecule has 5 atom stereocenters. The number of hydrogen-bond donors (Lipinski definition) is 3. The molecule has 3 N–H and O–H groups in total. The van der Waals surface area contributed by atoms with Crippen LogP contribution in [0.5, 0.6) is 0 Å². The van der Waals surface area contributed by atoms with Crippen molar-refractivity contribution in [3.8, 4) is 0 Å². The molecule has 0 radical (unpaired) electrons. The average Bonchev–Trinajstić information content (AvgIpc) is 2.73. The molecule has 178 valence electrons. The van der Waals surface area contributed by atoms with Gasteiger partial charge in [-0.1, -0.05) is 25.4 Å². The van der Waals surface area contributed by atoms with E-state index in [1.807, 2.05) is 6.92 Å². The predicted octanol–water partition coefficient (Wildman–Crippen LogP) is 2.91. The highest BCUT2D eigenvalue weighted by Crippen LogP contribution is 2.62. The van der Waals surface area contributed by atoms with Crippen molar-refractivity contribution < 1.29 is 14.3 Å². The number of fused-ring (bicyclic) bond motifs is 2. The lowest BCUT2D eigenvalue weighted by Gasteiger charge is -2.65. The van der Waals surface area contributed by atoms with Gasteiger partial charge in [0.2, 0.25) is 11.9 Å². The number of carbonyl (C=O) groups excluding carboxylic acids is 1. The van der Waals surface area contributed by atoms with E-state index in [1.54, 1.807) is 13.0 Å². The highest BCUT2D eigenvalue weighted by atomic mass is 35.5. The molecular weight excluding hydrogens is 449 g/mol. The molecule has 0 aliphatic heterocycles. The molecule has 1 amide bonds. The third-order valence-corrected chi connectivity index (χ3v) is 8.00. The number of aromatic nitrogens is 3. The van der Waals surface area contributed by atoms with Crippen LogP contribution in [-0.2, 0) is 11.3 Å². The van der Waals surface area contributed by atoms with Crippen molar-refractivity contribution >= 4 is 23.2 Å². The Bertz CT molecular complexity index is 1140. The molecule has 3 aliphatic carbocycles. The van der Waals surface area contributed by atoms with Crippen molar-refractivity contribution in [3.63, 3.8) is 0 Å². The molecule has 0 saturated heterocycles. The second-order valence-electron chi connectivity index (χ2n) is 10.0. The zero-order chi connectivity index (χ0) is 24.1. The first-order valence-corrected chi connectivity index (χ1v) is 11.4. The van der Waals surface area contributed by atoms with E-state index in [9.17, 15) is 19.1 Å². The van der Waals surface area contributed by atoms with E-state index in [-0.39, 0.29) is 28.9 Å². The number of hydrogen-bond acceptors (Lipinski definition) is 6.